The summed E-state index contributed by atoms with van der Waals surface area (Å²) in [6.45, 7) is 3.17. The fraction of sp³-hybridized carbons (Fsp3) is 0.250. The van der Waals surface area contributed by atoms with Gasteiger partial charge in [0.2, 0.25) is 0 Å². The molecule has 4 heteroatoms. The highest BCUT2D eigenvalue weighted by molar-refractivity contribution is 5.76. The van der Waals surface area contributed by atoms with Gasteiger partial charge in [0.25, 0.3) is 0 Å². The minimum Gasteiger partial charge on any atom is -0.384 e. The number of pyridine rings is 1. The summed E-state index contributed by atoms with van der Waals surface area (Å²) in [5, 5.41) is 0. The number of para-hydroxylation sites is 2. The maximum Gasteiger partial charge on any atom is 0.123 e. The van der Waals surface area contributed by atoms with Crippen molar-refractivity contribution in [1.82, 2.24) is 14.5 Å². The van der Waals surface area contributed by atoms with E-state index < -0.39 is 0 Å². The molecule has 0 aliphatic rings. The zero-order valence-electron chi connectivity index (χ0n) is 11.6. The highest BCUT2D eigenvalue weighted by Crippen LogP contribution is 2.19. The van der Waals surface area contributed by atoms with E-state index in [0.29, 0.717) is 5.82 Å². The van der Waals surface area contributed by atoms with E-state index in [1.807, 2.05) is 18.2 Å². The second-order valence-corrected chi connectivity index (χ2v) is 4.93. The van der Waals surface area contributed by atoms with Crippen LogP contribution in [0.15, 0.2) is 42.6 Å². The first-order chi connectivity index (χ1) is 9.78. The number of rotatable bonds is 4. The molecule has 0 fully saturated rings. The summed E-state index contributed by atoms with van der Waals surface area (Å²) in [5.41, 5.74) is 9.14. The Labute approximate surface area is 118 Å². The smallest absolute Gasteiger partial charge is 0.123 e. The molecule has 102 valence electrons. The molecule has 0 atom stereocenters. The lowest BCUT2D eigenvalue weighted by Crippen LogP contribution is -2.04. The van der Waals surface area contributed by atoms with Gasteiger partial charge in [-0.1, -0.05) is 19.1 Å². The van der Waals surface area contributed by atoms with E-state index in [-0.39, 0.29) is 0 Å². The van der Waals surface area contributed by atoms with E-state index in [2.05, 4.69) is 34.7 Å². The summed E-state index contributed by atoms with van der Waals surface area (Å²) < 4.78 is 2.30. The predicted octanol–water partition coefficient (Wildman–Crippen LogP) is 3.01. The third kappa shape index (κ3) is 2.37. The van der Waals surface area contributed by atoms with Gasteiger partial charge in [0.05, 0.1) is 11.0 Å². The average molecular weight is 266 g/mol. The number of benzene rings is 1. The Bertz CT molecular complexity index is 730. The summed E-state index contributed by atoms with van der Waals surface area (Å²) in [4.78, 5) is 8.79. The number of nitrogens with two attached hydrogens (primary N) is 1. The third-order valence-electron chi connectivity index (χ3n) is 3.39. The van der Waals surface area contributed by atoms with Crippen LogP contribution in [0.4, 0.5) is 5.82 Å². The second kappa shape index (κ2) is 5.33. The second-order valence-electron chi connectivity index (χ2n) is 4.93. The summed E-state index contributed by atoms with van der Waals surface area (Å²) in [7, 11) is 0. The minimum absolute atomic E-state index is 0.556. The van der Waals surface area contributed by atoms with E-state index in [9.17, 15) is 0 Å². The number of hydrogen-bond acceptors (Lipinski definition) is 3. The molecule has 0 spiro atoms. The van der Waals surface area contributed by atoms with E-state index in [4.69, 9.17) is 10.7 Å². The monoisotopic (exact) mass is 266 g/mol. The average Bonchev–Trinajstić information content (AvgIpc) is 2.77. The van der Waals surface area contributed by atoms with E-state index in [1.165, 1.54) is 5.52 Å². The first kappa shape index (κ1) is 12.7. The standard InChI is InChI=1S/C16H18N4/c1-2-9-20-14-6-4-3-5-13(14)19-16(20)11-12-7-8-18-15(17)10-12/h3-8,10H,2,9,11H2,1H3,(H2,17,18). The first-order valence-electron chi connectivity index (χ1n) is 6.92. The van der Waals surface area contributed by atoms with E-state index in [0.717, 1.165) is 36.3 Å². The molecule has 0 aliphatic heterocycles. The van der Waals surface area contributed by atoms with Crippen molar-refractivity contribution in [3.63, 3.8) is 0 Å². The fourth-order valence-corrected chi connectivity index (χ4v) is 2.52. The number of nitrogen functional groups attached to an aromatic ring is 1. The first-order valence-corrected chi connectivity index (χ1v) is 6.92. The Morgan fingerprint density at radius 2 is 2.05 bits per heavy atom. The summed E-state index contributed by atoms with van der Waals surface area (Å²) in [6.07, 6.45) is 3.62. The summed E-state index contributed by atoms with van der Waals surface area (Å²) >= 11 is 0. The molecule has 2 heterocycles. The van der Waals surface area contributed by atoms with Crippen LogP contribution in [-0.2, 0) is 13.0 Å². The van der Waals surface area contributed by atoms with Crippen LogP contribution >= 0.6 is 0 Å². The Balaban J connectivity index is 2.04. The van der Waals surface area contributed by atoms with Gasteiger partial charge in [-0.15, -0.1) is 0 Å². The van der Waals surface area contributed by atoms with E-state index >= 15 is 0 Å². The van der Waals surface area contributed by atoms with Crippen LogP contribution in [0.5, 0.6) is 0 Å². The van der Waals surface area contributed by atoms with Gasteiger partial charge in [-0.3, -0.25) is 0 Å². The van der Waals surface area contributed by atoms with Gasteiger partial charge in [0, 0.05) is 19.2 Å². The number of hydrogen-bond donors (Lipinski definition) is 1. The van der Waals surface area contributed by atoms with Gasteiger partial charge >= 0.3 is 0 Å². The molecule has 4 nitrogen and oxygen atoms in total. The molecule has 0 aliphatic carbocycles. The highest BCUT2D eigenvalue weighted by Gasteiger charge is 2.10. The predicted molar refractivity (Wildman–Crippen MR) is 81.5 cm³/mol. The van der Waals surface area contributed by atoms with Crippen LogP contribution in [0.1, 0.15) is 24.7 Å². The molecule has 20 heavy (non-hydrogen) atoms. The number of aromatic nitrogens is 3. The van der Waals surface area contributed by atoms with E-state index in [1.54, 1.807) is 6.20 Å². The minimum atomic E-state index is 0.556. The lowest BCUT2D eigenvalue weighted by molar-refractivity contribution is 0.664. The van der Waals surface area contributed by atoms with Crippen molar-refractivity contribution < 1.29 is 0 Å². The van der Waals surface area contributed by atoms with Crippen molar-refractivity contribution in [1.29, 1.82) is 0 Å². The molecule has 2 N–H and O–H groups in total. The maximum absolute atomic E-state index is 5.75. The normalized spacial score (nSPS) is 11.1. The van der Waals surface area contributed by atoms with Crippen LogP contribution in [-0.4, -0.2) is 14.5 Å². The Hall–Kier alpha value is -2.36. The van der Waals surface area contributed by atoms with Gasteiger partial charge in [0.1, 0.15) is 11.6 Å². The lowest BCUT2D eigenvalue weighted by atomic mass is 10.2. The molecular weight excluding hydrogens is 248 g/mol. The van der Waals surface area contributed by atoms with Crippen molar-refractivity contribution in [2.75, 3.05) is 5.73 Å². The highest BCUT2D eigenvalue weighted by atomic mass is 15.1. The van der Waals surface area contributed by atoms with Crippen molar-refractivity contribution in [2.45, 2.75) is 26.3 Å². The quantitative estimate of drug-likeness (QED) is 0.789. The summed E-state index contributed by atoms with van der Waals surface area (Å²) in [6, 6.07) is 12.2. The van der Waals surface area contributed by atoms with Crippen LogP contribution in [0.3, 0.4) is 0 Å². The summed E-state index contributed by atoms with van der Waals surface area (Å²) in [5.74, 6) is 1.64. The molecule has 0 saturated heterocycles. The van der Waals surface area contributed by atoms with Gasteiger partial charge in [-0.2, -0.15) is 0 Å². The Kier molecular flexibility index (Phi) is 3.37. The SMILES string of the molecule is CCCn1c(Cc2ccnc(N)c2)nc2ccccc21. The molecule has 0 radical (unpaired) electrons. The van der Waals surface area contributed by atoms with Crippen LogP contribution in [0.2, 0.25) is 0 Å². The molecule has 1 aromatic carbocycles. The van der Waals surface area contributed by atoms with Crippen LogP contribution in [0.25, 0.3) is 11.0 Å². The number of nitrogens with zero attached hydrogens (tertiary/aromatic N) is 3. The Morgan fingerprint density at radius 3 is 2.85 bits per heavy atom. The van der Waals surface area contributed by atoms with Gasteiger partial charge in [-0.25, -0.2) is 9.97 Å². The molecule has 3 rings (SSSR count). The molecule has 0 bridgehead atoms. The molecule has 3 aromatic rings. The molecule has 0 saturated carbocycles. The molecule has 0 amide bonds. The maximum atomic E-state index is 5.75. The van der Waals surface area contributed by atoms with Gasteiger partial charge < -0.3 is 10.3 Å². The van der Waals surface area contributed by atoms with Gasteiger partial charge in [0.15, 0.2) is 0 Å². The number of anilines is 1. The van der Waals surface area contributed by atoms with Crippen molar-refractivity contribution in [3.8, 4) is 0 Å². The van der Waals surface area contributed by atoms with Crippen molar-refractivity contribution in [2.24, 2.45) is 0 Å². The zero-order valence-corrected chi connectivity index (χ0v) is 11.6. The largest absolute Gasteiger partial charge is 0.384 e. The zero-order chi connectivity index (χ0) is 13.9. The molecular formula is C16H18N4. The number of aryl methyl sites for hydroxylation is 1. The third-order valence-corrected chi connectivity index (χ3v) is 3.39. The molecule has 0 unspecified atom stereocenters. The van der Waals surface area contributed by atoms with Crippen LogP contribution < -0.4 is 5.73 Å². The number of fused-ring (bicyclic) bond motifs is 1. The lowest BCUT2D eigenvalue weighted by Gasteiger charge is -2.08. The topological polar surface area (TPSA) is 56.7 Å². The number of imidazole rings is 1. The van der Waals surface area contributed by atoms with Crippen molar-refractivity contribution >= 4 is 16.9 Å². The van der Waals surface area contributed by atoms with Gasteiger partial charge in [-0.05, 0) is 36.2 Å². The van der Waals surface area contributed by atoms with Crippen LogP contribution in [0, 0.1) is 0 Å². The van der Waals surface area contributed by atoms with Crippen molar-refractivity contribution in [3.05, 3.63) is 54.0 Å². The molecule has 2 aromatic heterocycles. The Morgan fingerprint density at radius 1 is 1.20 bits per heavy atom. The fourth-order valence-electron chi connectivity index (χ4n) is 2.52.